The minimum Gasteiger partial charge on any atom is -0.475 e. The molecule has 10 nitrogen and oxygen atoms in total. The lowest BCUT2D eigenvalue weighted by molar-refractivity contribution is 0.0994. The molecule has 0 fully saturated rings. The van der Waals surface area contributed by atoms with Gasteiger partial charge in [0.1, 0.15) is 5.82 Å². The number of hydrogen-bond acceptors (Lipinski definition) is 8. The van der Waals surface area contributed by atoms with E-state index in [0.717, 1.165) is 11.1 Å². The summed E-state index contributed by atoms with van der Waals surface area (Å²) in [5.74, 6) is 0.399. The van der Waals surface area contributed by atoms with E-state index in [1.807, 2.05) is 19.9 Å². The maximum absolute atomic E-state index is 14.7. The summed E-state index contributed by atoms with van der Waals surface area (Å²) >= 11 is 0. The van der Waals surface area contributed by atoms with Crippen molar-refractivity contribution in [2.75, 3.05) is 5.32 Å². The van der Waals surface area contributed by atoms with Gasteiger partial charge in [0.2, 0.25) is 11.6 Å². The summed E-state index contributed by atoms with van der Waals surface area (Å²) in [6.45, 7) is 7.19. The quantitative estimate of drug-likeness (QED) is 0.368. The molecule has 11 heteroatoms. The van der Waals surface area contributed by atoms with Crippen molar-refractivity contribution in [2.45, 2.75) is 33.8 Å². The van der Waals surface area contributed by atoms with Crippen molar-refractivity contribution in [1.29, 1.82) is 0 Å². The number of pyridine rings is 1. The highest BCUT2D eigenvalue weighted by atomic mass is 19.1. The summed E-state index contributed by atoms with van der Waals surface area (Å²) in [4.78, 5) is 29.7. The lowest BCUT2D eigenvalue weighted by atomic mass is 10.1. The van der Waals surface area contributed by atoms with E-state index < -0.39 is 11.7 Å². The molecule has 182 valence electrons. The summed E-state index contributed by atoms with van der Waals surface area (Å²) in [5.41, 5.74) is 2.50. The molecule has 0 radical (unpaired) electrons. The van der Waals surface area contributed by atoms with Crippen molar-refractivity contribution in [3.05, 3.63) is 72.1 Å². The Bertz CT molecular complexity index is 1570. The molecule has 1 amide bonds. The average molecular weight is 487 g/mol. The zero-order chi connectivity index (χ0) is 25.4. The SMILES string of the molecule is Cc1nc(C)c(C(=O)Nc2ccc(F)c(-c3nc4ncc(-c5ccc(OC(C)C)nc5)cn4n3)c2)o1. The van der Waals surface area contributed by atoms with Crippen LogP contribution in [0.25, 0.3) is 28.3 Å². The Kier molecular flexibility index (Phi) is 5.88. The Hall–Kier alpha value is -4.67. The third kappa shape index (κ3) is 4.63. The molecule has 0 atom stereocenters. The van der Waals surface area contributed by atoms with Crippen molar-refractivity contribution in [3.63, 3.8) is 0 Å². The first-order valence-electron chi connectivity index (χ1n) is 11.2. The number of carbonyl (C=O) groups is 1. The van der Waals surface area contributed by atoms with Gasteiger partial charge in [0.05, 0.1) is 17.4 Å². The monoisotopic (exact) mass is 487 g/mol. The molecule has 4 heterocycles. The van der Waals surface area contributed by atoms with Gasteiger partial charge in [0, 0.05) is 48.4 Å². The predicted molar refractivity (Wildman–Crippen MR) is 129 cm³/mol. The van der Waals surface area contributed by atoms with Crippen LogP contribution in [0.15, 0.2) is 53.3 Å². The molecule has 5 rings (SSSR count). The lowest BCUT2D eigenvalue weighted by Gasteiger charge is -2.08. The first-order chi connectivity index (χ1) is 17.3. The van der Waals surface area contributed by atoms with Gasteiger partial charge >= 0.3 is 0 Å². The molecule has 0 aliphatic carbocycles. The normalized spacial score (nSPS) is 11.3. The molecule has 0 unspecified atom stereocenters. The Labute approximate surface area is 205 Å². The Morgan fingerprint density at radius 2 is 1.89 bits per heavy atom. The van der Waals surface area contributed by atoms with Crippen molar-refractivity contribution in [3.8, 4) is 28.4 Å². The minimum atomic E-state index is -0.541. The van der Waals surface area contributed by atoms with Gasteiger partial charge in [-0.15, -0.1) is 5.10 Å². The fourth-order valence-electron chi connectivity index (χ4n) is 3.61. The van der Waals surface area contributed by atoms with Crippen molar-refractivity contribution in [2.24, 2.45) is 0 Å². The van der Waals surface area contributed by atoms with Crippen LogP contribution in [0.4, 0.5) is 10.1 Å². The van der Waals surface area contributed by atoms with Gasteiger partial charge in [-0.25, -0.2) is 23.9 Å². The van der Waals surface area contributed by atoms with Crippen molar-refractivity contribution < 1.29 is 18.3 Å². The third-order valence-corrected chi connectivity index (χ3v) is 5.19. The highest BCUT2D eigenvalue weighted by Crippen LogP contribution is 2.26. The van der Waals surface area contributed by atoms with Gasteiger partial charge in [-0.2, -0.15) is 4.98 Å². The van der Waals surface area contributed by atoms with Crippen LogP contribution in [0.3, 0.4) is 0 Å². The fraction of sp³-hybridized carbons (Fsp3) is 0.200. The molecule has 0 saturated heterocycles. The van der Waals surface area contributed by atoms with E-state index in [1.54, 1.807) is 38.5 Å². The van der Waals surface area contributed by atoms with Crippen LogP contribution in [0.1, 0.15) is 36.0 Å². The highest BCUT2D eigenvalue weighted by molar-refractivity contribution is 6.03. The molecule has 0 aliphatic rings. The molecule has 0 aliphatic heterocycles. The van der Waals surface area contributed by atoms with Crippen LogP contribution in [-0.4, -0.2) is 41.6 Å². The summed E-state index contributed by atoms with van der Waals surface area (Å²) in [7, 11) is 0. The molecular formula is C25H22FN7O3. The van der Waals surface area contributed by atoms with E-state index in [9.17, 15) is 9.18 Å². The van der Waals surface area contributed by atoms with Gasteiger partial charge in [0.25, 0.3) is 11.7 Å². The molecule has 0 spiro atoms. The van der Waals surface area contributed by atoms with Crippen LogP contribution in [0, 0.1) is 19.7 Å². The number of fused-ring (bicyclic) bond motifs is 1. The first kappa shape index (κ1) is 23.1. The molecule has 5 aromatic rings. The maximum atomic E-state index is 14.7. The summed E-state index contributed by atoms with van der Waals surface area (Å²) in [5, 5.41) is 7.10. The van der Waals surface area contributed by atoms with Gasteiger partial charge in [-0.05, 0) is 45.0 Å². The van der Waals surface area contributed by atoms with Gasteiger partial charge in [-0.1, -0.05) is 0 Å². The van der Waals surface area contributed by atoms with Crippen LogP contribution in [0.5, 0.6) is 5.88 Å². The predicted octanol–water partition coefficient (Wildman–Crippen LogP) is 4.64. The van der Waals surface area contributed by atoms with E-state index in [0.29, 0.717) is 28.9 Å². The number of rotatable bonds is 6. The molecule has 1 N–H and O–H groups in total. The summed E-state index contributed by atoms with van der Waals surface area (Å²) < 4.78 is 27.1. The summed E-state index contributed by atoms with van der Waals surface area (Å²) in [6.07, 6.45) is 5.08. The van der Waals surface area contributed by atoms with Crippen LogP contribution in [-0.2, 0) is 0 Å². The fourth-order valence-corrected chi connectivity index (χ4v) is 3.61. The van der Waals surface area contributed by atoms with Gasteiger partial charge in [-0.3, -0.25) is 4.79 Å². The molecule has 36 heavy (non-hydrogen) atoms. The largest absolute Gasteiger partial charge is 0.475 e. The lowest BCUT2D eigenvalue weighted by Crippen LogP contribution is -2.12. The first-order valence-corrected chi connectivity index (χ1v) is 11.2. The second-order valence-corrected chi connectivity index (χ2v) is 8.37. The second kappa shape index (κ2) is 9.17. The number of ether oxygens (including phenoxy) is 1. The minimum absolute atomic E-state index is 0.0256. The van der Waals surface area contributed by atoms with Crippen LogP contribution >= 0.6 is 0 Å². The molecule has 1 aromatic carbocycles. The number of aryl methyl sites for hydroxylation is 2. The maximum Gasteiger partial charge on any atom is 0.293 e. The van der Waals surface area contributed by atoms with Gasteiger partial charge < -0.3 is 14.5 Å². The Morgan fingerprint density at radius 1 is 1.08 bits per heavy atom. The molecule has 4 aromatic heterocycles. The second-order valence-electron chi connectivity index (χ2n) is 8.37. The van der Waals surface area contributed by atoms with Crippen LogP contribution < -0.4 is 10.1 Å². The Morgan fingerprint density at radius 3 is 2.58 bits per heavy atom. The van der Waals surface area contributed by atoms with Crippen molar-refractivity contribution >= 4 is 17.4 Å². The Balaban J connectivity index is 1.42. The van der Waals surface area contributed by atoms with Crippen LogP contribution in [0.2, 0.25) is 0 Å². The number of nitrogens with zero attached hydrogens (tertiary/aromatic N) is 6. The molecular weight excluding hydrogens is 465 g/mol. The smallest absolute Gasteiger partial charge is 0.293 e. The average Bonchev–Trinajstić information content (AvgIpc) is 3.42. The van der Waals surface area contributed by atoms with Crippen molar-refractivity contribution in [1.82, 2.24) is 29.5 Å². The third-order valence-electron chi connectivity index (χ3n) is 5.19. The molecule has 0 bridgehead atoms. The molecule has 0 saturated carbocycles. The number of oxazole rings is 1. The number of anilines is 1. The number of halogens is 1. The number of nitrogens with one attached hydrogen (secondary N) is 1. The van der Waals surface area contributed by atoms with E-state index in [1.165, 1.54) is 22.7 Å². The number of amides is 1. The number of benzene rings is 1. The standard InChI is InChI=1S/C25H22FN7O3/c1-13(2)35-21-8-5-16(10-27-21)17-11-28-25-31-23(32-33(25)12-17)19-9-18(6-7-20(19)26)30-24(34)22-14(3)29-15(4)36-22/h5-13H,1-4H3,(H,30,34). The van der Waals surface area contributed by atoms with Gasteiger partial charge in [0.15, 0.2) is 11.7 Å². The topological polar surface area (TPSA) is 120 Å². The highest BCUT2D eigenvalue weighted by Gasteiger charge is 2.18. The van der Waals surface area contributed by atoms with E-state index in [2.05, 4.69) is 30.4 Å². The summed E-state index contributed by atoms with van der Waals surface area (Å²) in [6, 6.07) is 7.79. The van der Waals surface area contributed by atoms with E-state index in [-0.39, 0.29) is 23.3 Å². The zero-order valence-corrected chi connectivity index (χ0v) is 20.0. The number of hydrogen-bond donors (Lipinski definition) is 1. The van der Waals surface area contributed by atoms with E-state index in [4.69, 9.17) is 9.15 Å². The number of aromatic nitrogens is 6. The number of carbonyl (C=O) groups excluding carboxylic acids is 1. The zero-order valence-electron chi connectivity index (χ0n) is 20.0. The van der Waals surface area contributed by atoms with E-state index >= 15 is 0 Å².